The van der Waals surface area contributed by atoms with Crippen LogP contribution in [0.5, 0.6) is 0 Å². The largest absolute Gasteiger partial charge is 0.390 e. The molecular weight excluding hydrogens is 212 g/mol. The lowest BCUT2D eigenvalue weighted by atomic mass is 9.50. The Kier molecular flexibility index (Phi) is 2.30. The lowest BCUT2D eigenvalue weighted by Gasteiger charge is -2.57. The van der Waals surface area contributed by atoms with E-state index in [0.717, 1.165) is 12.8 Å². The van der Waals surface area contributed by atoms with Crippen LogP contribution in [0, 0.1) is 17.3 Å². The van der Waals surface area contributed by atoms with Crippen LogP contribution in [0.15, 0.2) is 0 Å². The second kappa shape index (κ2) is 3.27. The van der Waals surface area contributed by atoms with Gasteiger partial charge in [-0.2, -0.15) is 0 Å². The number of hydrogen-bond acceptors (Lipinski definition) is 2. The third-order valence-corrected chi connectivity index (χ3v) is 5.93. The summed E-state index contributed by atoms with van der Waals surface area (Å²) in [6.45, 7) is 9.01. The summed E-state index contributed by atoms with van der Waals surface area (Å²) in [6.07, 6.45) is 5.94. The molecule has 0 unspecified atom stereocenters. The van der Waals surface area contributed by atoms with Gasteiger partial charge in [0, 0.05) is 0 Å². The number of ether oxygens (including phenoxy) is 1. The Balaban J connectivity index is 1.81. The summed E-state index contributed by atoms with van der Waals surface area (Å²) in [5.41, 5.74) is 0.0772. The lowest BCUT2D eigenvalue weighted by molar-refractivity contribution is -0.144. The van der Waals surface area contributed by atoms with Gasteiger partial charge in [0.2, 0.25) is 0 Å². The topological polar surface area (TPSA) is 32.8 Å². The maximum Gasteiger partial charge on any atom is 0.0920 e. The maximum atomic E-state index is 10.7. The minimum Gasteiger partial charge on any atom is -0.390 e. The predicted molar refractivity (Wildman–Crippen MR) is 67.7 cm³/mol. The molecule has 0 aromatic heterocycles. The maximum absolute atomic E-state index is 10.7. The molecule has 2 nitrogen and oxygen atoms in total. The molecule has 0 spiro atoms. The fourth-order valence-corrected chi connectivity index (χ4v) is 4.42. The van der Waals surface area contributed by atoms with Crippen LogP contribution in [-0.4, -0.2) is 22.4 Å². The van der Waals surface area contributed by atoms with E-state index in [-0.39, 0.29) is 5.60 Å². The van der Waals surface area contributed by atoms with E-state index in [1.54, 1.807) is 0 Å². The summed E-state index contributed by atoms with van der Waals surface area (Å²) in [4.78, 5) is 0. The number of fused-ring (bicyclic) bond motifs is 2. The Bertz CT molecular complexity index is 334. The zero-order valence-corrected chi connectivity index (χ0v) is 11.6. The number of rotatable bonds is 0. The first kappa shape index (κ1) is 12.0. The molecule has 98 valence electrons. The molecule has 2 heteroatoms. The average Bonchev–Trinajstić information content (AvgIpc) is 2.83. The minimum absolute atomic E-state index is 0.136. The van der Waals surface area contributed by atoms with Crippen LogP contribution < -0.4 is 0 Å². The molecule has 1 saturated heterocycles. The third kappa shape index (κ3) is 1.76. The standard InChI is InChI=1S/C15H26O2/c1-13(2)9-11-10(13)5-8-15(4)12(17-15)6-7-14(11,3)16/h10-12,16H,5-9H2,1-4H3/t10-,11+,12-,14+,15+/m0/s1. The highest BCUT2D eigenvalue weighted by molar-refractivity contribution is 5.08. The minimum atomic E-state index is -0.475. The monoisotopic (exact) mass is 238 g/mol. The molecule has 2 saturated carbocycles. The van der Waals surface area contributed by atoms with Crippen LogP contribution in [0.2, 0.25) is 0 Å². The molecule has 3 rings (SSSR count). The summed E-state index contributed by atoms with van der Waals surface area (Å²) in [7, 11) is 0. The zero-order chi connectivity index (χ0) is 12.5. The van der Waals surface area contributed by atoms with E-state index < -0.39 is 5.60 Å². The van der Waals surface area contributed by atoms with Crippen molar-refractivity contribution in [3.05, 3.63) is 0 Å². The predicted octanol–water partition coefficient (Wildman–Crippen LogP) is 3.13. The number of epoxide rings is 1. The molecule has 2 aliphatic carbocycles. The van der Waals surface area contributed by atoms with Gasteiger partial charge in [0.05, 0.1) is 17.3 Å². The van der Waals surface area contributed by atoms with Crippen molar-refractivity contribution < 1.29 is 9.84 Å². The molecule has 3 aliphatic rings. The van der Waals surface area contributed by atoms with Gasteiger partial charge in [-0.1, -0.05) is 13.8 Å². The normalized spacial score (nSPS) is 56.6. The summed E-state index contributed by atoms with van der Waals surface area (Å²) < 4.78 is 5.84. The van der Waals surface area contributed by atoms with Gasteiger partial charge >= 0.3 is 0 Å². The van der Waals surface area contributed by atoms with E-state index in [4.69, 9.17) is 4.74 Å². The highest BCUT2D eigenvalue weighted by atomic mass is 16.6. The fourth-order valence-electron chi connectivity index (χ4n) is 4.42. The van der Waals surface area contributed by atoms with Gasteiger partial charge in [-0.25, -0.2) is 0 Å². The average molecular weight is 238 g/mol. The summed E-state index contributed by atoms with van der Waals surface area (Å²) in [5.74, 6) is 1.19. The Hall–Kier alpha value is -0.0800. The second-order valence-corrected chi connectivity index (χ2v) is 7.76. The first-order valence-corrected chi connectivity index (χ1v) is 7.15. The van der Waals surface area contributed by atoms with Crippen molar-refractivity contribution in [3.8, 4) is 0 Å². The fraction of sp³-hybridized carbons (Fsp3) is 1.00. The van der Waals surface area contributed by atoms with E-state index in [2.05, 4.69) is 20.8 Å². The molecule has 3 fully saturated rings. The molecule has 0 amide bonds. The molecule has 1 aliphatic heterocycles. The van der Waals surface area contributed by atoms with Crippen molar-refractivity contribution in [1.82, 2.24) is 0 Å². The molecule has 0 aromatic carbocycles. The molecular formula is C15H26O2. The van der Waals surface area contributed by atoms with Crippen molar-refractivity contribution in [2.45, 2.75) is 77.1 Å². The van der Waals surface area contributed by atoms with Gasteiger partial charge in [0.1, 0.15) is 0 Å². The molecule has 5 atom stereocenters. The Morgan fingerprint density at radius 3 is 2.35 bits per heavy atom. The van der Waals surface area contributed by atoms with Crippen LogP contribution in [0.1, 0.15) is 59.8 Å². The summed E-state index contributed by atoms with van der Waals surface area (Å²) in [6, 6.07) is 0. The molecule has 0 aromatic rings. The highest BCUT2D eigenvalue weighted by Crippen LogP contribution is 2.60. The van der Waals surface area contributed by atoms with Gasteiger partial charge in [0.25, 0.3) is 0 Å². The van der Waals surface area contributed by atoms with E-state index in [0.29, 0.717) is 23.4 Å². The van der Waals surface area contributed by atoms with Crippen LogP contribution in [0.25, 0.3) is 0 Å². The van der Waals surface area contributed by atoms with E-state index >= 15 is 0 Å². The molecule has 17 heavy (non-hydrogen) atoms. The third-order valence-electron chi connectivity index (χ3n) is 5.93. The Morgan fingerprint density at radius 1 is 1.00 bits per heavy atom. The highest BCUT2D eigenvalue weighted by Gasteiger charge is 2.59. The number of aliphatic hydroxyl groups is 1. The van der Waals surface area contributed by atoms with Crippen LogP contribution in [0.3, 0.4) is 0 Å². The molecule has 0 bridgehead atoms. The Morgan fingerprint density at radius 2 is 1.71 bits per heavy atom. The summed E-state index contributed by atoms with van der Waals surface area (Å²) in [5, 5.41) is 10.7. The first-order chi connectivity index (χ1) is 7.75. The Labute approximate surface area is 105 Å². The van der Waals surface area contributed by atoms with Crippen LogP contribution >= 0.6 is 0 Å². The summed E-state index contributed by atoms with van der Waals surface area (Å²) >= 11 is 0. The smallest absolute Gasteiger partial charge is 0.0920 e. The van der Waals surface area contributed by atoms with Gasteiger partial charge in [0.15, 0.2) is 0 Å². The van der Waals surface area contributed by atoms with Crippen LogP contribution in [-0.2, 0) is 4.74 Å². The zero-order valence-electron chi connectivity index (χ0n) is 11.6. The van der Waals surface area contributed by atoms with Crippen molar-refractivity contribution in [3.63, 3.8) is 0 Å². The molecule has 1 N–H and O–H groups in total. The van der Waals surface area contributed by atoms with Crippen molar-refractivity contribution in [1.29, 1.82) is 0 Å². The van der Waals surface area contributed by atoms with E-state index in [9.17, 15) is 5.11 Å². The van der Waals surface area contributed by atoms with Gasteiger partial charge < -0.3 is 9.84 Å². The van der Waals surface area contributed by atoms with Crippen molar-refractivity contribution in [2.24, 2.45) is 17.3 Å². The van der Waals surface area contributed by atoms with Crippen molar-refractivity contribution >= 4 is 0 Å². The van der Waals surface area contributed by atoms with E-state index in [1.165, 1.54) is 19.3 Å². The SMILES string of the molecule is CC1(C)C[C@@H]2[C@@H]1CC[C@@]1(C)O[C@H]1CC[C@@]2(C)O. The first-order valence-electron chi connectivity index (χ1n) is 7.15. The lowest BCUT2D eigenvalue weighted by Crippen LogP contribution is -2.54. The van der Waals surface area contributed by atoms with Crippen molar-refractivity contribution in [2.75, 3.05) is 0 Å². The van der Waals surface area contributed by atoms with Crippen LogP contribution in [0.4, 0.5) is 0 Å². The quantitative estimate of drug-likeness (QED) is 0.658. The number of hydrogen-bond donors (Lipinski definition) is 1. The second-order valence-electron chi connectivity index (χ2n) is 7.76. The van der Waals surface area contributed by atoms with Gasteiger partial charge in [-0.05, 0) is 63.2 Å². The molecule has 0 radical (unpaired) electrons. The van der Waals surface area contributed by atoms with Gasteiger partial charge in [-0.15, -0.1) is 0 Å². The van der Waals surface area contributed by atoms with E-state index in [1.807, 2.05) is 6.92 Å². The van der Waals surface area contributed by atoms with Gasteiger partial charge in [-0.3, -0.25) is 0 Å². The molecule has 1 heterocycles.